The van der Waals surface area contributed by atoms with E-state index in [1.165, 1.54) is 6.20 Å². The summed E-state index contributed by atoms with van der Waals surface area (Å²) < 4.78 is 5.41. The van der Waals surface area contributed by atoms with Crippen molar-refractivity contribution in [1.29, 1.82) is 0 Å². The van der Waals surface area contributed by atoms with Crippen LogP contribution in [-0.2, 0) is 4.74 Å². The van der Waals surface area contributed by atoms with Gasteiger partial charge in [0.15, 0.2) is 0 Å². The van der Waals surface area contributed by atoms with Crippen LogP contribution in [0.1, 0.15) is 55.3 Å². The number of primary amides is 1. The maximum absolute atomic E-state index is 11.7. The highest BCUT2D eigenvalue weighted by Gasteiger charge is 2.28. The lowest BCUT2D eigenvalue weighted by Crippen LogP contribution is -2.31. The van der Waals surface area contributed by atoms with E-state index in [-0.39, 0.29) is 24.1 Å². The molecule has 144 valence electrons. The molecule has 8 nitrogen and oxygen atoms in total. The normalized spacial score (nSPS) is 28.7. The van der Waals surface area contributed by atoms with Crippen LogP contribution >= 0.6 is 0 Å². The molecule has 0 aromatic carbocycles. The second kappa shape index (κ2) is 8.64. The fourth-order valence-electron chi connectivity index (χ4n) is 3.99. The summed E-state index contributed by atoms with van der Waals surface area (Å²) in [6, 6.07) is 0.392. The van der Waals surface area contributed by atoms with E-state index in [2.05, 4.69) is 20.6 Å². The predicted molar refractivity (Wildman–Crippen MR) is 99.1 cm³/mol. The van der Waals surface area contributed by atoms with Crippen LogP contribution in [0.25, 0.3) is 0 Å². The topological polar surface area (TPSA) is 122 Å². The summed E-state index contributed by atoms with van der Waals surface area (Å²) in [5.41, 5.74) is 5.76. The quantitative estimate of drug-likeness (QED) is 0.579. The number of ether oxygens (including phenoxy) is 1. The lowest BCUT2D eigenvalue weighted by molar-refractivity contribution is 0.0681. The number of rotatable bonds is 7. The Morgan fingerprint density at radius 3 is 2.69 bits per heavy atom. The van der Waals surface area contributed by atoms with Gasteiger partial charge in [0.05, 0.1) is 11.7 Å². The van der Waals surface area contributed by atoms with E-state index in [1.807, 2.05) is 0 Å². The summed E-state index contributed by atoms with van der Waals surface area (Å²) >= 11 is 0. The number of carbonyl (C=O) groups is 1. The molecule has 2 fully saturated rings. The first-order chi connectivity index (χ1) is 12.6. The second-order valence-corrected chi connectivity index (χ2v) is 7.30. The first-order valence-corrected chi connectivity index (χ1v) is 9.44. The molecule has 2 atom stereocenters. The van der Waals surface area contributed by atoms with Crippen LogP contribution in [0.5, 0.6) is 0 Å². The maximum Gasteiger partial charge on any atom is 0.254 e. The first-order valence-electron chi connectivity index (χ1n) is 9.44. The number of aliphatic hydroxyl groups is 1. The highest BCUT2D eigenvalue weighted by Crippen LogP contribution is 2.29. The minimum absolute atomic E-state index is 0.0954. The number of hydrogen-bond donors (Lipinski definition) is 4. The number of carbonyl (C=O) groups excluding carboxylic acids is 1. The molecule has 0 bridgehead atoms. The number of anilines is 2. The van der Waals surface area contributed by atoms with Gasteiger partial charge in [-0.15, -0.1) is 0 Å². The van der Waals surface area contributed by atoms with Gasteiger partial charge in [-0.25, -0.2) is 4.98 Å². The van der Waals surface area contributed by atoms with Gasteiger partial charge in [-0.2, -0.15) is 4.98 Å². The van der Waals surface area contributed by atoms with Crippen molar-refractivity contribution in [2.24, 2.45) is 11.7 Å². The largest absolute Gasteiger partial charge is 0.396 e. The zero-order valence-corrected chi connectivity index (χ0v) is 15.3. The van der Waals surface area contributed by atoms with Crippen LogP contribution in [0.4, 0.5) is 11.8 Å². The molecule has 0 unspecified atom stereocenters. The van der Waals surface area contributed by atoms with Gasteiger partial charge in [0.1, 0.15) is 5.82 Å². The Kier molecular flexibility index (Phi) is 6.26. The van der Waals surface area contributed by atoms with Gasteiger partial charge in [0, 0.05) is 37.9 Å². The van der Waals surface area contributed by atoms with Gasteiger partial charge in [0.25, 0.3) is 5.91 Å². The van der Waals surface area contributed by atoms with E-state index in [1.54, 1.807) is 7.11 Å². The molecule has 1 heterocycles. The highest BCUT2D eigenvalue weighted by atomic mass is 16.5. The lowest BCUT2D eigenvalue weighted by atomic mass is 9.93. The third-order valence-corrected chi connectivity index (χ3v) is 5.61. The van der Waals surface area contributed by atoms with Crippen molar-refractivity contribution in [1.82, 2.24) is 9.97 Å². The maximum atomic E-state index is 11.7. The standard InChI is InChI=1S/C18H29N5O3/c1-26-13-7-5-12(6-8-13)21-18-20-9-14(16(19)25)17(23-18)22-15-4-2-3-11(15)10-24/h9,11-13,15,24H,2-8,10H2,1H3,(H2,19,25)(H2,20,21,22,23)/t11-,12-,13-,15-/m1/s1. The van der Waals surface area contributed by atoms with Crippen LogP contribution in [0.15, 0.2) is 6.20 Å². The second-order valence-electron chi connectivity index (χ2n) is 7.30. The van der Waals surface area contributed by atoms with Gasteiger partial charge in [-0.05, 0) is 38.5 Å². The average molecular weight is 363 g/mol. The van der Waals surface area contributed by atoms with Crippen molar-refractivity contribution in [3.63, 3.8) is 0 Å². The summed E-state index contributed by atoms with van der Waals surface area (Å²) in [5.74, 6) is 0.562. The van der Waals surface area contributed by atoms with Crippen molar-refractivity contribution in [3.8, 4) is 0 Å². The molecule has 3 rings (SSSR count). The number of aromatic nitrogens is 2. The SMILES string of the molecule is CO[C@H]1CC[C@H](Nc2ncc(C(N)=O)c(N[C@@H]3CCC[C@@H]3CO)n2)CC1. The number of methoxy groups -OCH3 is 1. The fourth-order valence-corrected chi connectivity index (χ4v) is 3.99. The molecule has 0 radical (unpaired) electrons. The first kappa shape index (κ1) is 18.8. The van der Waals surface area contributed by atoms with Crippen LogP contribution in [0.2, 0.25) is 0 Å². The molecule has 2 aliphatic carbocycles. The molecule has 1 amide bonds. The van der Waals surface area contributed by atoms with Crippen molar-refractivity contribution < 1.29 is 14.6 Å². The van der Waals surface area contributed by atoms with E-state index in [0.29, 0.717) is 23.9 Å². The summed E-state index contributed by atoms with van der Waals surface area (Å²) in [5, 5.41) is 16.2. The number of amides is 1. The zero-order valence-electron chi connectivity index (χ0n) is 15.3. The molecule has 2 saturated carbocycles. The van der Waals surface area contributed by atoms with E-state index in [0.717, 1.165) is 44.9 Å². The molecule has 0 aliphatic heterocycles. The number of nitrogens with one attached hydrogen (secondary N) is 2. The van der Waals surface area contributed by atoms with Gasteiger partial charge < -0.3 is 26.2 Å². The van der Waals surface area contributed by atoms with E-state index in [9.17, 15) is 9.90 Å². The third kappa shape index (κ3) is 4.42. The van der Waals surface area contributed by atoms with Crippen LogP contribution in [0.3, 0.4) is 0 Å². The van der Waals surface area contributed by atoms with Crippen LogP contribution in [0, 0.1) is 5.92 Å². The minimum Gasteiger partial charge on any atom is -0.396 e. The van der Waals surface area contributed by atoms with E-state index >= 15 is 0 Å². The Hall–Kier alpha value is -1.93. The number of nitrogens with two attached hydrogens (primary N) is 1. The molecule has 0 spiro atoms. The predicted octanol–water partition coefficient (Wildman–Crippen LogP) is 1.52. The number of aliphatic hydroxyl groups excluding tert-OH is 1. The molecule has 2 aliphatic rings. The van der Waals surface area contributed by atoms with Gasteiger partial charge in [-0.1, -0.05) is 6.42 Å². The Labute approximate surface area is 153 Å². The van der Waals surface area contributed by atoms with Crippen LogP contribution < -0.4 is 16.4 Å². The van der Waals surface area contributed by atoms with E-state index in [4.69, 9.17) is 10.5 Å². The lowest BCUT2D eigenvalue weighted by Gasteiger charge is -2.28. The number of nitrogens with zero attached hydrogens (tertiary/aromatic N) is 2. The van der Waals surface area contributed by atoms with Crippen molar-refractivity contribution in [2.45, 2.75) is 63.1 Å². The van der Waals surface area contributed by atoms with Crippen molar-refractivity contribution in [2.75, 3.05) is 24.4 Å². The minimum atomic E-state index is -0.557. The molecule has 8 heteroatoms. The summed E-state index contributed by atoms with van der Waals surface area (Å²) in [6.07, 6.45) is 8.79. The smallest absolute Gasteiger partial charge is 0.254 e. The fraction of sp³-hybridized carbons (Fsp3) is 0.722. The molecule has 1 aromatic rings. The molecule has 5 N–H and O–H groups in total. The summed E-state index contributed by atoms with van der Waals surface area (Å²) in [7, 11) is 1.75. The Morgan fingerprint density at radius 1 is 1.27 bits per heavy atom. The Morgan fingerprint density at radius 2 is 2.04 bits per heavy atom. The van der Waals surface area contributed by atoms with Gasteiger partial charge in [0.2, 0.25) is 5.95 Å². The third-order valence-electron chi connectivity index (χ3n) is 5.61. The van der Waals surface area contributed by atoms with Crippen LogP contribution in [-0.4, -0.2) is 52.9 Å². The summed E-state index contributed by atoms with van der Waals surface area (Å²) in [4.78, 5) is 20.5. The highest BCUT2D eigenvalue weighted by molar-refractivity contribution is 5.97. The molecule has 26 heavy (non-hydrogen) atoms. The molecule has 0 saturated heterocycles. The average Bonchev–Trinajstić information content (AvgIpc) is 3.09. The molecule has 1 aromatic heterocycles. The Balaban J connectivity index is 1.71. The van der Waals surface area contributed by atoms with E-state index < -0.39 is 5.91 Å². The zero-order chi connectivity index (χ0) is 18.5. The monoisotopic (exact) mass is 363 g/mol. The van der Waals surface area contributed by atoms with Gasteiger partial charge in [-0.3, -0.25) is 4.79 Å². The van der Waals surface area contributed by atoms with Crippen molar-refractivity contribution in [3.05, 3.63) is 11.8 Å². The molecular formula is C18H29N5O3. The summed E-state index contributed by atoms with van der Waals surface area (Å²) in [6.45, 7) is 0.127. The Bertz CT molecular complexity index is 619. The van der Waals surface area contributed by atoms with Crippen molar-refractivity contribution >= 4 is 17.7 Å². The number of hydrogen-bond acceptors (Lipinski definition) is 7. The van der Waals surface area contributed by atoms with Gasteiger partial charge >= 0.3 is 0 Å². The molecular weight excluding hydrogens is 334 g/mol.